The van der Waals surface area contributed by atoms with E-state index in [2.05, 4.69) is 10.3 Å². The van der Waals surface area contributed by atoms with Gasteiger partial charge in [0.15, 0.2) is 0 Å². The van der Waals surface area contributed by atoms with Gasteiger partial charge in [-0.3, -0.25) is 4.79 Å². The molecule has 3 aromatic rings. The van der Waals surface area contributed by atoms with Crippen LogP contribution in [0.3, 0.4) is 0 Å². The molecule has 0 bridgehead atoms. The molecule has 5 heteroatoms. The second kappa shape index (κ2) is 7.36. The number of para-hydroxylation sites is 1. The molecule has 1 heterocycles. The molecule has 0 aliphatic rings. The number of rotatable bonds is 5. The fourth-order valence-corrected chi connectivity index (χ4v) is 3.09. The van der Waals surface area contributed by atoms with E-state index in [0.29, 0.717) is 0 Å². The van der Waals surface area contributed by atoms with Crippen molar-refractivity contribution in [1.29, 1.82) is 0 Å². The van der Waals surface area contributed by atoms with Crippen molar-refractivity contribution in [3.63, 3.8) is 0 Å². The number of pyridine rings is 1. The van der Waals surface area contributed by atoms with Crippen molar-refractivity contribution < 1.29 is 9.53 Å². The van der Waals surface area contributed by atoms with Crippen LogP contribution in [0.1, 0.15) is 6.92 Å². The molecular formula is C19H18N2O2S. The second-order valence-corrected chi connectivity index (χ2v) is 6.68. The van der Waals surface area contributed by atoms with E-state index >= 15 is 0 Å². The molecule has 0 spiro atoms. The highest BCUT2D eigenvalue weighted by molar-refractivity contribution is 8.00. The molecule has 1 atom stereocenters. The molecule has 2 aromatic carbocycles. The summed E-state index contributed by atoms with van der Waals surface area (Å²) >= 11 is 1.45. The predicted molar refractivity (Wildman–Crippen MR) is 98.7 cm³/mol. The van der Waals surface area contributed by atoms with E-state index in [1.165, 1.54) is 11.8 Å². The number of thioether (sulfide) groups is 1. The first-order valence-electron chi connectivity index (χ1n) is 7.63. The lowest BCUT2D eigenvalue weighted by molar-refractivity contribution is -0.115. The number of nitrogens with one attached hydrogen (secondary N) is 1. The van der Waals surface area contributed by atoms with Gasteiger partial charge in [-0.05, 0) is 43.3 Å². The molecule has 0 saturated heterocycles. The van der Waals surface area contributed by atoms with Crippen LogP contribution in [0.2, 0.25) is 0 Å². The zero-order valence-electron chi connectivity index (χ0n) is 13.5. The van der Waals surface area contributed by atoms with Gasteiger partial charge in [-0.25, -0.2) is 4.98 Å². The van der Waals surface area contributed by atoms with Gasteiger partial charge in [0, 0.05) is 11.1 Å². The average molecular weight is 338 g/mol. The van der Waals surface area contributed by atoms with E-state index in [9.17, 15) is 4.79 Å². The van der Waals surface area contributed by atoms with Gasteiger partial charge in [0.25, 0.3) is 0 Å². The van der Waals surface area contributed by atoms with Crippen LogP contribution in [0.4, 0.5) is 5.69 Å². The maximum Gasteiger partial charge on any atom is 0.237 e. The van der Waals surface area contributed by atoms with Crippen molar-refractivity contribution in [3.05, 3.63) is 60.7 Å². The van der Waals surface area contributed by atoms with Gasteiger partial charge in [0.05, 0.1) is 22.9 Å². The minimum atomic E-state index is -0.249. The van der Waals surface area contributed by atoms with Crippen LogP contribution in [0, 0.1) is 0 Å². The monoisotopic (exact) mass is 338 g/mol. The Labute approximate surface area is 145 Å². The quantitative estimate of drug-likeness (QED) is 0.702. The Kier molecular flexibility index (Phi) is 5.01. The Morgan fingerprint density at radius 1 is 1.08 bits per heavy atom. The molecule has 0 aliphatic heterocycles. The molecule has 0 unspecified atom stereocenters. The number of ether oxygens (including phenoxy) is 1. The molecule has 3 rings (SSSR count). The molecule has 122 valence electrons. The Morgan fingerprint density at radius 3 is 2.58 bits per heavy atom. The summed E-state index contributed by atoms with van der Waals surface area (Å²) < 4.78 is 5.11. The molecule has 0 saturated carbocycles. The Bertz CT molecular complexity index is 849. The zero-order chi connectivity index (χ0) is 16.9. The second-order valence-electron chi connectivity index (χ2n) is 5.32. The summed E-state index contributed by atoms with van der Waals surface area (Å²) in [5.74, 6) is 0.705. The van der Waals surface area contributed by atoms with Gasteiger partial charge in [-0.15, -0.1) is 0 Å². The number of hydrogen-bond acceptors (Lipinski definition) is 4. The SMILES string of the molecule is COc1ccc(NC(=O)[C@H](C)Sc2ccc3ccccc3n2)cc1. The number of fused-ring (bicyclic) bond motifs is 1. The van der Waals surface area contributed by atoms with E-state index in [1.807, 2.05) is 67.6 Å². The highest BCUT2D eigenvalue weighted by Crippen LogP contribution is 2.25. The molecule has 0 radical (unpaired) electrons. The molecule has 4 nitrogen and oxygen atoms in total. The highest BCUT2D eigenvalue weighted by Gasteiger charge is 2.15. The van der Waals surface area contributed by atoms with Crippen LogP contribution in [-0.2, 0) is 4.79 Å². The van der Waals surface area contributed by atoms with Gasteiger partial charge in [0.2, 0.25) is 5.91 Å². The number of amides is 1. The smallest absolute Gasteiger partial charge is 0.237 e. The standard InChI is InChI=1S/C19H18N2O2S/c1-13(19(22)20-15-8-10-16(23-2)11-9-15)24-18-12-7-14-5-3-4-6-17(14)21-18/h3-13H,1-2H3,(H,20,22)/t13-/m0/s1. The molecule has 0 aliphatic carbocycles. The Morgan fingerprint density at radius 2 is 1.83 bits per heavy atom. The number of carbonyl (C=O) groups is 1. The van der Waals surface area contributed by atoms with Crippen molar-refractivity contribution >= 4 is 34.3 Å². The van der Waals surface area contributed by atoms with Crippen LogP contribution in [0.25, 0.3) is 10.9 Å². The summed E-state index contributed by atoms with van der Waals surface area (Å²) in [5, 5.41) is 4.59. The largest absolute Gasteiger partial charge is 0.497 e. The summed E-state index contributed by atoms with van der Waals surface area (Å²) in [6.07, 6.45) is 0. The molecule has 24 heavy (non-hydrogen) atoms. The topological polar surface area (TPSA) is 51.2 Å². The summed E-state index contributed by atoms with van der Waals surface area (Å²) in [7, 11) is 1.61. The summed E-state index contributed by atoms with van der Waals surface area (Å²) in [6.45, 7) is 1.88. The lowest BCUT2D eigenvalue weighted by Gasteiger charge is -2.12. The van der Waals surface area contributed by atoms with Crippen molar-refractivity contribution in [3.8, 4) is 5.75 Å². The molecule has 1 N–H and O–H groups in total. The maximum atomic E-state index is 12.3. The first kappa shape index (κ1) is 16.3. The first-order chi connectivity index (χ1) is 11.7. The van der Waals surface area contributed by atoms with Gasteiger partial charge in [-0.1, -0.05) is 36.0 Å². The van der Waals surface area contributed by atoms with Gasteiger partial charge < -0.3 is 10.1 Å². The number of methoxy groups -OCH3 is 1. The Hall–Kier alpha value is -2.53. The molecule has 1 amide bonds. The third kappa shape index (κ3) is 3.86. The van der Waals surface area contributed by atoms with E-state index in [1.54, 1.807) is 7.11 Å². The minimum Gasteiger partial charge on any atom is -0.497 e. The highest BCUT2D eigenvalue weighted by atomic mass is 32.2. The zero-order valence-corrected chi connectivity index (χ0v) is 14.3. The lowest BCUT2D eigenvalue weighted by atomic mass is 10.2. The number of carbonyl (C=O) groups excluding carboxylic acids is 1. The van der Waals surface area contributed by atoms with Crippen LogP contribution < -0.4 is 10.1 Å². The molecular weight excluding hydrogens is 320 g/mol. The summed E-state index contributed by atoms with van der Waals surface area (Å²) in [4.78, 5) is 16.9. The van der Waals surface area contributed by atoms with Crippen molar-refractivity contribution in [2.24, 2.45) is 0 Å². The molecule has 1 aromatic heterocycles. The fraction of sp³-hybridized carbons (Fsp3) is 0.158. The average Bonchev–Trinajstić information content (AvgIpc) is 2.62. The minimum absolute atomic E-state index is 0.0554. The van der Waals surface area contributed by atoms with Gasteiger partial charge in [0.1, 0.15) is 5.75 Å². The van der Waals surface area contributed by atoms with Crippen molar-refractivity contribution in [2.45, 2.75) is 17.2 Å². The number of anilines is 1. The maximum absolute atomic E-state index is 12.3. The van der Waals surface area contributed by atoms with Crippen LogP contribution in [0.5, 0.6) is 5.75 Å². The van der Waals surface area contributed by atoms with Crippen LogP contribution in [-0.4, -0.2) is 23.3 Å². The number of hydrogen-bond donors (Lipinski definition) is 1. The number of benzene rings is 2. The van der Waals surface area contributed by atoms with Gasteiger partial charge in [-0.2, -0.15) is 0 Å². The normalized spacial score (nSPS) is 11.9. The van der Waals surface area contributed by atoms with Gasteiger partial charge >= 0.3 is 0 Å². The van der Waals surface area contributed by atoms with E-state index in [-0.39, 0.29) is 11.2 Å². The molecule has 0 fully saturated rings. The van der Waals surface area contributed by atoms with E-state index in [0.717, 1.165) is 27.4 Å². The number of nitrogens with zero attached hydrogens (tertiary/aromatic N) is 1. The van der Waals surface area contributed by atoms with Crippen molar-refractivity contribution in [2.75, 3.05) is 12.4 Å². The van der Waals surface area contributed by atoms with Crippen LogP contribution in [0.15, 0.2) is 65.7 Å². The van der Waals surface area contributed by atoms with E-state index in [4.69, 9.17) is 4.74 Å². The summed E-state index contributed by atoms with van der Waals surface area (Å²) in [6, 6.07) is 19.2. The van der Waals surface area contributed by atoms with Crippen LogP contribution >= 0.6 is 11.8 Å². The number of aromatic nitrogens is 1. The predicted octanol–water partition coefficient (Wildman–Crippen LogP) is 4.36. The third-order valence-corrected chi connectivity index (χ3v) is 4.63. The first-order valence-corrected chi connectivity index (χ1v) is 8.51. The third-order valence-electron chi connectivity index (χ3n) is 3.60. The Balaban J connectivity index is 1.65. The lowest BCUT2D eigenvalue weighted by Crippen LogP contribution is -2.22. The van der Waals surface area contributed by atoms with Crippen molar-refractivity contribution in [1.82, 2.24) is 4.98 Å². The fourth-order valence-electron chi connectivity index (χ4n) is 2.27. The summed E-state index contributed by atoms with van der Waals surface area (Å²) in [5.41, 5.74) is 1.69. The van der Waals surface area contributed by atoms with E-state index < -0.39 is 0 Å².